The van der Waals surface area contributed by atoms with Crippen LogP contribution >= 0.6 is 11.8 Å². The third-order valence-electron chi connectivity index (χ3n) is 4.84. The highest BCUT2D eigenvalue weighted by Gasteiger charge is 2.49. The Kier molecular flexibility index (Phi) is 4.17. The number of likely N-dealkylation sites (N-methyl/N-ethyl adjacent to an activating group) is 1. The first-order valence-electron chi connectivity index (χ1n) is 7.01. The fourth-order valence-corrected chi connectivity index (χ4v) is 4.94. The molecule has 1 unspecified atom stereocenters. The van der Waals surface area contributed by atoms with E-state index in [2.05, 4.69) is 57.0 Å². The molecule has 1 heterocycles. The van der Waals surface area contributed by atoms with Crippen LogP contribution in [0.1, 0.15) is 25.8 Å². The van der Waals surface area contributed by atoms with E-state index >= 15 is 0 Å². The van der Waals surface area contributed by atoms with E-state index in [4.69, 9.17) is 5.73 Å². The van der Waals surface area contributed by atoms with Crippen molar-refractivity contribution >= 4 is 17.4 Å². The Balaban J connectivity index is 2.40. The van der Waals surface area contributed by atoms with Crippen molar-refractivity contribution in [3.8, 4) is 0 Å². The molecule has 0 saturated carbocycles. The fraction of sp³-hybridized carbons (Fsp3) is 0.625. The Hall–Kier alpha value is -0.670. The van der Waals surface area contributed by atoms with Crippen molar-refractivity contribution in [2.24, 2.45) is 11.1 Å². The standard InChI is InChI=1S/C16H26N2S/c1-13-6-5-7-14(10-13)18(4)16(11-17)12-19-9-8-15(16,2)3/h5-7,10H,8-9,11-12,17H2,1-4H3. The van der Waals surface area contributed by atoms with Gasteiger partial charge in [0.2, 0.25) is 0 Å². The number of nitrogens with zero attached hydrogens (tertiary/aromatic N) is 1. The Morgan fingerprint density at radius 1 is 1.37 bits per heavy atom. The summed E-state index contributed by atoms with van der Waals surface area (Å²) >= 11 is 2.03. The molecule has 1 fully saturated rings. The molecule has 2 rings (SSSR count). The normalized spacial score (nSPS) is 26.2. The third-order valence-corrected chi connectivity index (χ3v) is 6.02. The van der Waals surface area contributed by atoms with Gasteiger partial charge >= 0.3 is 0 Å². The first-order valence-corrected chi connectivity index (χ1v) is 8.17. The van der Waals surface area contributed by atoms with Gasteiger partial charge in [-0.05, 0) is 42.2 Å². The molecule has 0 aliphatic carbocycles. The first-order chi connectivity index (χ1) is 8.93. The van der Waals surface area contributed by atoms with E-state index in [9.17, 15) is 0 Å². The molecular formula is C16H26N2S. The zero-order valence-electron chi connectivity index (χ0n) is 12.6. The van der Waals surface area contributed by atoms with E-state index < -0.39 is 0 Å². The van der Waals surface area contributed by atoms with Crippen LogP contribution in [0.3, 0.4) is 0 Å². The van der Waals surface area contributed by atoms with E-state index in [1.54, 1.807) is 0 Å². The molecule has 2 N–H and O–H groups in total. The molecule has 0 aromatic heterocycles. The summed E-state index contributed by atoms with van der Waals surface area (Å²) in [5, 5.41) is 0. The Bertz CT molecular complexity index is 444. The maximum Gasteiger partial charge on any atom is 0.0661 e. The second-order valence-corrected chi connectivity index (χ2v) is 7.43. The van der Waals surface area contributed by atoms with Crippen molar-refractivity contribution in [2.45, 2.75) is 32.7 Å². The molecule has 1 atom stereocenters. The van der Waals surface area contributed by atoms with Crippen LogP contribution in [-0.2, 0) is 0 Å². The average Bonchev–Trinajstić information content (AvgIpc) is 2.38. The number of thioether (sulfide) groups is 1. The second-order valence-electron chi connectivity index (χ2n) is 6.32. The summed E-state index contributed by atoms with van der Waals surface area (Å²) in [4.78, 5) is 2.42. The lowest BCUT2D eigenvalue weighted by Gasteiger charge is -2.55. The minimum atomic E-state index is 0.0453. The molecule has 1 saturated heterocycles. The quantitative estimate of drug-likeness (QED) is 0.920. The first kappa shape index (κ1) is 14.7. The topological polar surface area (TPSA) is 29.3 Å². The van der Waals surface area contributed by atoms with Crippen molar-refractivity contribution in [3.05, 3.63) is 29.8 Å². The monoisotopic (exact) mass is 278 g/mol. The number of anilines is 1. The summed E-state index contributed by atoms with van der Waals surface area (Å²) in [6.45, 7) is 7.59. The van der Waals surface area contributed by atoms with Crippen LogP contribution in [0.4, 0.5) is 5.69 Å². The molecule has 19 heavy (non-hydrogen) atoms. The molecule has 0 amide bonds. The lowest BCUT2D eigenvalue weighted by atomic mass is 9.69. The highest BCUT2D eigenvalue weighted by atomic mass is 32.2. The highest BCUT2D eigenvalue weighted by Crippen LogP contribution is 2.46. The van der Waals surface area contributed by atoms with Gasteiger partial charge in [-0.25, -0.2) is 0 Å². The Labute approximate surface area is 121 Å². The molecule has 106 valence electrons. The maximum absolute atomic E-state index is 6.24. The van der Waals surface area contributed by atoms with Crippen LogP contribution < -0.4 is 10.6 Å². The number of nitrogens with two attached hydrogens (primary N) is 1. The lowest BCUT2D eigenvalue weighted by molar-refractivity contribution is 0.175. The minimum absolute atomic E-state index is 0.0453. The predicted molar refractivity (Wildman–Crippen MR) is 87.1 cm³/mol. The smallest absolute Gasteiger partial charge is 0.0661 e. The number of hydrogen-bond donors (Lipinski definition) is 1. The van der Waals surface area contributed by atoms with Gasteiger partial charge in [0.05, 0.1) is 5.54 Å². The lowest BCUT2D eigenvalue weighted by Crippen LogP contribution is -2.65. The number of aryl methyl sites for hydroxylation is 1. The van der Waals surface area contributed by atoms with Crippen molar-refractivity contribution in [2.75, 3.05) is 30.0 Å². The van der Waals surface area contributed by atoms with Gasteiger partial charge in [0.25, 0.3) is 0 Å². The van der Waals surface area contributed by atoms with Crippen LogP contribution in [0.2, 0.25) is 0 Å². The Morgan fingerprint density at radius 2 is 2.11 bits per heavy atom. The molecule has 2 nitrogen and oxygen atoms in total. The molecule has 1 aliphatic rings. The zero-order valence-corrected chi connectivity index (χ0v) is 13.4. The van der Waals surface area contributed by atoms with Gasteiger partial charge in [0.1, 0.15) is 0 Å². The molecule has 1 aliphatic heterocycles. The van der Waals surface area contributed by atoms with Crippen LogP contribution in [0.15, 0.2) is 24.3 Å². The molecule has 0 spiro atoms. The van der Waals surface area contributed by atoms with E-state index in [-0.39, 0.29) is 11.0 Å². The minimum Gasteiger partial charge on any atom is -0.366 e. The van der Waals surface area contributed by atoms with Crippen molar-refractivity contribution < 1.29 is 0 Å². The average molecular weight is 278 g/mol. The fourth-order valence-electron chi connectivity index (χ4n) is 3.10. The van der Waals surface area contributed by atoms with Gasteiger partial charge in [-0.1, -0.05) is 26.0 Å². The summed E-state index contributed by atoms with van der Waals surface area (Å²) < 4.78 is 0. The van der Waals surface area contributed by atoms with Crippen LogP contribution in [0.25, 0.3) is 0 Å². The number of benzene rings is 1. The van der Waals surface area contributed by atoms with Crippen molar-refractivity contribution in [1.82, 2.24) is 0 Å². The van der Waals surface area contributed by atoms with Crippen molar-refractivity contribution in [1.29, 1.82) is 0 Å². The molecule has 1 aromatic carbocycles. The van der Waals surface area contributed by atoms with Crippen LogP contribution in [0.5, 0.6) is 0 Å². The number of rotatable bonds is 3. The predicted octanol–water partition coefficient (Wildman–Crippen LogP) is 3.29. The van der Waals surface area contributed by atoms with E-state index in [0.717, 1.165) is 5.75 Å². The van der Waals surface area contributed by atoms with Gasteiger partial charge in [0.15, 0.2) is 0 Å². The van der Waals surface area contributed by atoms with Gasteiger partial charge in [0, 0.05) is 25.0 Å². The van der Waals surface area contributed by atoms with E-state index in [1.165, 1.54) is 23.4 Å². The second kappa shape index (κ2) is 5.37. The van der Waals surface area contributed by atoms with Gasteiger partial charge < -0.3 is 10.6 Å². The molecular weight excluding hydrogens is 252 g/mol. The summed E-state index contributed by atoms with van der Waals surface area (Å²) in [5.41, 5.74) is 9.10. The largest absolute Gasteiger partial charge is 0.366 e. The Morgan fingerprint density at radius 3 is 2.68 bits per heavy atom. The summed E-state index contributed by atoms with van der Waals surface area (Å²) in [7, 11) is 2.20. The van der Waals surface area contributed by atoms with Gasteiger partial charge in [-0.2, -0.15) is 11.8 Å². The van der Waals surface area contributed by atoms with Crippen molar-refractivity contribution in [3.63, 3.8) is 0 Å². The molecule has 0 bridgehead atoms. The van der Waals surface area contributed by atoms with Gasteiger partial charge in [-0.15, -0.1) is 0 Å². The maximum atomic E-state index is 6.24. The van der Waals surface area contributed by atoms with E-state index in [0.29, 0.717) is 6.54 Å². The van der Waals surface area contributed by atoms with Crippen LogP contribution in [0, 0.1) is 12.3 Å². The molecule has 1 aromatic rings. The summed E-state index contributed by atoms with van der Waals surface area (Å²) in [6.07, 6.45) is 1.23. The van der Waals surface area contributed by atoms with Crippen LogP contribution in [-0.4, -0.2) is 30.6 Å². The summed E-state index contributed by atoms with van der Waals surface area (Å²) in [6, 6.07) is 8.73. The van der Waals surface area contributed by atoms with E-state index in [1.807, 2.05) is 11.8 Å². The molecule has 3 heteroatoms. The highest BCUT2D eigenvalue weighted by molar-refractivity contribution is 7.99. The number of hydrogen-bond acceptors (Lipinski definition) is 3. The molecule has 0 radical (unpaired) electrons. The zero-order chi connectivity index (χ0) is 14.1. The van der Waals surface area contributed by atoms with Gasteiger partial charge in [-0.3, -0.25) is 0 Å². The summed E-state index contributed by atoms with van der Waals surface area (Å²) in [5.74, 6) is 2.36. The SMILES string of the molecule is Cc1cccc(N(C)C2(CN)CSCCC2(C)C)c1. The third kappa shape index (κ3) is 2.50.